The molecule has 1 aromatic carbocycles. The third-order valence-corrected chi connectivity index (χ3v) is 2.21. The molecule has 1 N–H and O–H groups in total. The first kappa shape index (κ1) is 13.4. The van der Waals surface area contributed by atoms with Crippen molar-refractivity contribution in [1.82, 2.24) is 0 Å². The van der Waals surface area contributed by atoms with Gasteiger partial charge in [0.25, 0.3) is 0 Å². The number of hydrogen-bond donors (Lipinski definition) is 1. The van der Waals surface area contributed by atoms with E-state index in [0.717, 1.165) is 0 Å². The minimum absolute atomic E-state index is 0.0171. The second-order valence-corrected chi connectivity index (χ2v) is 3.37. The molecule has 1 aromatic rings. The number of hydrogen-bond acceptors (Lipinski definition) is 4. The lowest BCUT2D eigenvalue weighted by Crippen LogP contribution is -1.88. The summed E-state index contributed by atoms with van der Waals surface area (Å²) >= 11 is 0. The van der Waals surface area contributed by atoms with E-state index in [1.165, 1.54) is 13.2 Å². The van der Waals surface area contributed by atoms with Crippen molar-refractivity contribution in [2.24, 2.45) is 5.11 Å². The van der Waals surface area contributed by atoms with E-state index < -0.39 is 0 Å². The molecule has 0 aliphatic carbocycles. The molecule has 0 bridgehead atoms. The molecular weight excluding hydrogens is 232 g/mol. The molecule has 0 saturated carbocycles. The van der Waals surface area contributed by atoms with Gasteiger partial charge in [0.2, 0.25) is 0 Å². The molecule has 0 aromatic heterocycles. The van der Waals surface area contributed by atoms with E-state index in [9.17, 15) is 5.11 Å². The molecule has 0 amide bonds. The minimum atomic E-state index is -0.0171. The van der Waals surface area contributed by atoms with Crippen LogP contribution in [0.5, 0.6) is 11.5 Å². The van der Waals surface area contributed by atoms with Gasteiger partial charge in [-0.3, -0.25) is 0 Å². The highest BCUT2D eigenvalue weighted by Gasteiger charge is 2.08. The summed E-state index contributed by atoms with van der Waals surface area (Å²) in [6, 6.07) is 5.01. The van der Waals surface area contributed by atoms with Crippen molar-refractivity contribution in [3.8, 4) is 17.6 Å². The number of nitrogens with zero attached hydrogens (tertiary/aromatic N) is 4. The molecule has 1 rings (SSSR count). The van der Waals surface area contributed by atoms with Gasteiger partial charge in [-0.15, -0.1) is 0 Å². The van der Waals surface area contributed by atoms with Gasteiger partial charge < -0.3 is 9.84 Å². The second-order valence-electron chi connectivity index (χ2n) is 3.37. The third kappa shape index (κ3) is 3.44. The van der Waals surface area contributed by atoms with Crippen LogP contribution in [0.1, 0.15) is 17.5 Å². The van der Waals surface area contributed by atoms with Gasteiger partial charge in [0, 0.05) is 23.1 Å². The Balaban J connectivity index is 2.94. The van der Waals surface area contributed by atoms with E-state index in [2.05, 4.69) is 10.0 Å². The lowest BCUT2D eigenvalue weighted by molar-refractivity contribution is 0.373. The fraction of sp³-hybridized carbons (Fsp3) is 0.250. The molecule has 92 valence electrons. The number of methoxy groups -OCH3 is 1. The van der Waals surface area contributed by atoms with Gasteiger partial charge in [-0.25, -0.2) is 0 Å². The van der Waals surface area contributed by atoms with Crippen LogP contribution < -0.4 is 4.74 Å². The molecule has 0 heterocycles. The lowest BCUT2D eigenvalue weighted by atomic mass is 10.1. The Morgan fingerprint density at radius 1 is 1.61 bits per heavy atom. The first-order chi connectivity index (χ1) is 8.72. The van der Waals surface area contributed by atoms with Gasteiger partial charge in [0.1, 0.15) is 0 Å². The van der Waals surface area contributed by atoms with Gasteiger partial charge in [-0.05, 0) is 18.0 Å². The Labute approximate surface area is 104 Å². The maximum absolute atomic E-state index is 9.84. The molecule has 0 aliphatic rings. The van der Waals surface area contributed by atoms with E-state index in [1.54, 1.807) is 18.2 Å². The van der Waals surface area contributed by atoms with Crippen LogP contribution in [-0.2, 0) is 0 Å². The summed E-state index contributed by atoms with van der Waals surface area (Å²) in [6.45, 7) is 0.350. The molecule has 0 spiro atoms. The summed E-state index contributed by atoms with van der Waals surface area (Å²) in [5.41, 5.74) is 9.00. The molecule has 6 nitrogen and oxygen atoms in total. The van der Waals surface area contributed by atoms with Crippen molar-refractivity contribution in [2.45, 2.75) is 6.42 Å². The van der Waals surface area contributed by atoms with Crippen LogP contribution in [0.3, 0.4) is 0 Å². The second kappa shape index (κ2) is 6.84. The number of benzene rings is 1. The minimum Gasteiger partial charge on any atom is -0.504 e. The first-order valence-electron chi connectivity index (χ1n) is 5.21. The molecule has 0 unspecified atom stereocenters. The van der Waals surface area contributed by atoms with Crippen LogP contribution >= 0.6 is 0 Å². The predicted octanol–water partition coefficient (Wildman–Crippen LogP) is 2.99. The molecule has 6 heteroatoms. The van der Waals surface area contributed by atoms with Crippen LogP contribution in [0, 0.1) is 11.3 Å². The number of aromatic hydroxyl groups is 1. The van der Waals surface area contributed by atoms with Crippen molar-refractivity contribution in [3.63, 3.8) is 0 Å². The highest BCUT2D eigenvalue weighted by Crippen LogP contribution is 2.32. The molecule has 0 radical (unpaired) electrons. The summed E-state index contributed by atoms with van der Waals surface area (Å²) in [6.07, 6.45) is 3.97. The summed E-state index contributed by atoms with van der Waals surface area (Å²) < 4.78 is 4.97. The zero-order valence-corrected chi connectivity index (χ0v) is 9.87. The van der Waals surface area contributed by atoms with E-state index in [0.29, 0.717) is 24.1 Å². The maximum Gasteiger partial charge on any atom is 0.165 e. The summed E-state index contributed by atoms with van der Waals surface area (Å²) in [5.74, 6) is 0.236. The molecule has 0 atom stereocenters. The standard InChI is InChI=1S/C12H12N4O2/c1-18-11-7-9(8-13)6-10(12(11)17)4-2-3-5-15-16-14/h2,4,6-7,17H,3,5H2,1H3. The summed E-state index contributed by atoms with van der Waals surface area (Å²) in [4.78, 5) is 2.63. The normalized spacial score (nSPS) is 9.78. The quantitative estimate of drug-likeness (QED) is 0.372. The van der Waals surface area contributed by atoms with Crippen molar-refractivity contribution >= 4 is 6.08 Å². The summed E-state index contributed by atoms with van der Waals surface area (Å²) in [7, 11) is 1.42. The smallest absolute Gasteiger partial charge is 0.165 e. The molecule has 0 saturated heterocycles. The van der Waals surface area contributed by atoms with Crippen molar-refractivity contribution in [1.29, 1.82) is 5.26 Å². The molecule has 0 aliphatic heterocycles. The fourth-order valence-electron chi connectivity index (χ4n) is 1.36. The highest BCUT2D eigenvalue weighted by atomic mass is 16.5. The van der Waals surface area contributed by atoms with Crippen LogP contribution in [0.15, 0.2) is 23.3 Å². The van der Waals surface area contributed by atoms with Crippen molar-refractivity contribution in [3.05, 3.63) is 39.8 Å². The number of azide groups is 1. The Morgan fingerprint density at radius 3 is 3.00 bits per heavy atom. The average Bonchev–Trinajstić information content (AvgIpc) is 2.40. The number of ether oxygens (including phenoxy) is 1. The zero-order chi connectivity index (χ0) is 13.4. The number of phenolic OH excluding ortho intramolecular Hbond substituents is 1. The van der Waals surface area contributed by atoms with E-state index in [4.69, 9.17) is 15.5 Å². The van der Waals surface area contributed by atoms with Gasteiger partial charge in [-0.2, -0.15) is 5.26 Å². The molecular formula is C12H12N4O2. The van der Waals surface area contributed by atoms with Gasteiger partial charge in [0.05, 0.1) is 18.7 Å². The average molecular weight is 244 g/mol. The Bertz CT molecular complexity index is 540. The SMILES string of the molecule is COc1cc(C#N)cc(C=CCCN=[N+]=[N-])c1O. The molecule has 0 fully saturated rings. The van der Waals surface area contributed by atoms with E-state index in [1.807, 2.05) is 6.07 Å². The van der Waals surface area contributed by atoms with Crippen LogP contribution in [-0.4, -0.2) is 18.8 Å². The third-order valence-electron chi connectivity index (χ3n) is 2.21. The van der Waals surface area contributed by atoms with Crippen LogP contribution in [0.2, 0.25) is 0 Å². The zero-order valence-electron chi connectivity index (χ0n) is 9.87. The van der Waals surface area contributed by atoms with Crippen LogP contribution in [0.25, 0.3) is 16.5 Å². The predicted molar refractivity (Wildman–Crippen MR) is 67.0 cm³/mol. The number of phenols is 1. The van der Waals surface area contributed by atoms with Crippen LogP contribution in [0.4, 0.5) is 0 Å². The highest BCUT2D eigenvalue weighted by molar-refractivity contribution is 5.64. The maximum atomic E-state index is 9.84. The van der Waals surface area contributed by atoms with Gasteiger partial charge in [0.15, 0.2) is 11.5 Å². The lowest BCUT2D eigenvalue weighted by Gasteiger charge is -2.06. The summed E-state index contributed by atoms with van der Waals surface area (Å²) in [5, 5.41) is 22.1. The monoisotopic (exact) mass is 244 g/mol. The Kier molecular flexibility index (Phi) is 5.10. The topological polar surface area (TPSA) is 102 Å². The Morgan fingerprint density at radius 2 is 2.39 bits per heavy atom. The largest absolute Gasteiger partial charge is 0.504 e. The Hall–Kier alpha value is -2.64. The van der Waals surface area contributed by atoms with Crippen molar-refractivity contribution in [2.75, 3.05) is 13.7 Å². The number of rotatable bonds is 5. The first-order valence-corrected chi connectivity index (χ1v) is 5.21. The van der Waals surface area contributed by atoms with E-state index >= 15 is 0 Å². The van der Waals surface area contributed by atoms with Crippen molar-refractivity contribution < 1.29 is 9.84 Å². The molecule has 18 heavy (non-hydrogen) atoms. The fourth-order valence-corrected chi connectivity index (χ4v) is 1.36. The number of nitriles is 1. The van der Waals surface area contributed by atoms with Gasteiger partial charge in [-0.1, -0.05) is 17.3 Å². The van der Waals surface area contributed by atoms with E-state index in [-0.39, 0.29) is 11.5 Å². The van der Waals surface area contributed by atoms with Gasteiger partial charge >= 0.3 is 0 Å².